The van der Waals surface area contributed by atoms with Gasteiger partial charge in [-0.2, -0.15) is 0 Å². The number of para-hydroxylation sites is 1. The number of halogens is 1. The molecule has 0 aliphatic heterocycles. The Bertz CT molecular complexity index is 1130. The van der Waals surface area contributed by atoms with Crippen LogP contribution in [0, 0.1) is 6.92 Å². The number of hydrogen-bond acceptors (Lipinski definition) is 5. The number of benzene rings is 2. The first-order valence-corrected chi connectivity index (χ1v) is 11.1. The molecule has 2 aromatic heterocycles. The second kappa shape index (κ2) is 8.82. The minimum absolute atomic E-state index is 0.124. The Kier molecular flexibility index (Phi) is 5.99. The van der Waals surface area contributed by atoms with Crippen LogP contribution in [0.4, 0.5) is 5.69 Å². The smallest absolute Gasteiger partial charge is 0.234 e. The Labute approximate surface area is 181 Å². The van der Waals surface area contributed by atoms with Crippen molar-refractivity contribution < 1.29 is 4.79 Å². The van der Waals surface area contributed by atoms with Crippen LogP contribution in [-0.2, 0) is 4.79 Å². The van der Waals surface area contributed by atoms with Crippen molar-refractivity contribution in [1.29, 1.82) is 0 Å². The van der Waals surface area contributed by atoms with Gasteiger partial charge in [-0.3, -0.25) is 9.36 Å². The van der Waals surface area contributed by atoms with Crippen molar-refractivity contribution in [1.82, 2.24) is 14.8 Å². The number of rotatable bonds is 6. The Morgan fingerprint density at radius 1 is 1.10 bits per heavy atom. The Hall–Kier alpha value is -2.61. The van der Waals surface area contributed by atoms with Gasteiger partial charge in [0, 0.05) is 16.4 Å². The summed E-state index contributed by atoms with van der Waals surface area (Å²) in [5, 5.41) is 14.9. The number of aromatic nitrogens is 3. The monoisotopic (exact) mass is 440 g/mol. The summed E-state index contributed by atoms with van der Waals surface area (Å²) in [6.07, 6.45) is 0. The van der Waals surface area contributed by atoms with Crippen LogP contribution in [0.2, 0.25) is 5.02 Å². The van der Waals surface area contributed by atoms with E-state index >= 15 is 0 Å². The zero-order chi connectivity index (χ0) is 20.2. The summed E-state index contributed by atoms with van der Waals surface area (Å²) in [6, 6.07) is 19.4. The summed E-state index contributed by atoms with van der Waals surface area (Å²) in [5.74, 6) is 0.849. The second-order valence-electron chi connectivity index (χ2n) is 6.20. The number of nitrogens with zero attached hydrogens (tertiary/aromatic N) is 3. The van der Waals surface area contributed by atoms with E-state index in [-0.39, 0.29) is 11.7 Å². The third kappa shape index (κ3) is 4.37. The van der Waals surface area contributed by atoms with Crippen LogP contribution >= 0.6 is 34.7 Å². The first kappa shape index (κ1) is 19.7. The molecule has 0 unspecified atom stereocenters. The molecule has 0 atom stereocenters. The van der Waals surface area contributed by atoms with Gasteiger partial charge in [-0.05, 0) is 48.2 Å². The van der Waals surface area contributed by atoms with Gasteiger partial charge in [0.05, 0.1) is 10.6 Å². The van der Waals surface area contributed by atoms with Crippen molar-refractivity contribution in [3.63, 3.8) is 0 Å². The molecule has 2 heterocycles. The molecule has 8 heteroatoms. The molecule has 0 radical (unpaired) electrons. The highest BCUT2D eigenvalue weighted by Gasteiger charge is 2.18. The standard InChI is InChI=1S/C21H17ClN4OS2/c1-14-16(22)9-5-10-17(14)23-19(27)13-29-21-25-24-20(18-11-6-12-28-18)26(21)15-7-3-2-4-8-15/h2-12H,13H2,1H3,(H,23,27). The highest BCUT2D eigenvalue weighted by molar-refractivity contribution is 7.99. The molecule has 29 heavy (non-hydrogen) atoms. The topological polar surface area (TPSA) is 59.8 Å². The van der Waals surface area contributed by atoms with Crippen molar-refractivity contribution in [3.8, 4) is 16.4 Å². The van der Waals surface area contributed by atoms with E-state index in [0.717, 1.165) is 22.0 Å². The number of hydrogen-bond donors (Lipinski definition) is 1. The first-order chi connectivity index (χ1) is 14.1. The van der Waals surface area contributed by atoms with Crippen LogP contribution in [0.5, 0.6) is 0 Å². The minimum atomic E-state index is -0.124. The summed E-state index contributed by atoms with van der Waals surface area (Å²) >= 11 is 9.08. The minimum Gasteiger partial charge on any atom is -0.325 e. The Morgan fingerprint density at radius 2 is 1.93 bits per heavy atom. The number of nitrogens with one attached hydrogen (secondary N) is 1. The molecule has 146 valence electrons. The maximum absolute atomic E-state index is 12.5. The van der Waals surface area contributed by atoms with E-state index in [1.807, 2.05) is 71.5 Å². The van der Waals surface area contributed by atoms with Gasteiger partial charge in [0.1, 0.15) is 0 Å². The normalized spacial score (nSPS) is 10.8. The fourth-order valence-electron chi connectivity index (χ4n) is 2.80. The van der Waals surface area contributed by atoms with E-state index in [9.17, 15) is 4.79 Å². The summed E-state index contributed by atoms with van der Waals surface area (Å²) in [4.78, 5) is 13.5. The highest BCUT2D eigenvalue weighted by atomic mass is 35.5. The maximum atomic E-state index is 12.5. The van der Waals surface area contributed by atoms with Crippen LogP contribution in [0.1, 0.15) is 5.56 Å². The number of carbonyl (C=O) groups excluding carboxylic acids is 1. The molecule has 0 spiro atoms. The van der Waals surface area contributed by atoms with E-state index < -0.39 is 0 Å². The summed E-state index contributed by atoms with van der Waals surface area (Å²) < 4.78 is 1.98. The third-order valence-electron chi connectivity index (χ3n) is 4.26. The van der Waals surface area contributed by atoms with Gasteiger partial charge in [0.25, 0.3) is 0 Å². The SMILES string of the molecule is Cc1c(Cl)cccc1NC(=O)CSc1nnc(-c2cccs2)n1-c1ccccc1. The van der Waals surface area contributed by atoms with Crippen LogP contribution in [0.15, 0.2) is 71.2 Å². The molecule has 2 aromatic carbocycles. The molecule has 4 rings (SSSR count). The molecule has 0 saturated carbocycles. The largest absolute Gasteiger partial charge is 0.325 e. The van der Waals surface area contributed by atoms with E-state index in [0.29, 0.717) is 15.9 Å². The molecule has 0 fully saturated rings. The van der Waals surface area contributed by atoms with E-state index in [2.05, 4.69) is 15.5 Å². The predicted molar refractivity (Wildman–Crippen MR) is 120 cm³/mol. The average Bonchev–Trinajstić information content (AvgIpc) is 3.40. The van der Waals surface area contributed by atoms with E-state index in [1.54, 1.807) is 17.4 Å². The second-order valence-corrected chi connectivity index (χ2v) is 8.50. The van der Waals surface area contributed by atoms with Crippen LogP contribution < -0.4 is 5.32 Å². The van der Waals surface area contributed by atoms with E-state index in [4.69, 9.17) is 11.6 Å². The number of thiophene rings is 1. The molecule has 0 bridgehead atoms. The Morgan fingerprint density at radius 3 is 2.69 bits per heavy atom. The molecule has 4 aromatic rings. The third-order valence-corrected chi connectivity index (χ3v) is 6.47. The van der Waals surface area contributed by atoms with Crippen molar-refractivity contribution >= 4 is 46.3 Å². The highest BCUT2D eigenvalue weighted by Crippen LogP contribution is 2.30. The molecule has 0 aliphatic rings. The summed E-state index contributed by atoms with van der Waals surface area (Å²) in [5.41, 5.74) is 2.52. The molecule has 0 saturated heterocycles. The number of anilines is 1. The summed E-state index contributed by atoms with van der Waals surface area (Å²) in [7, 11) is 0. The summed E-state index contributed by atoms with van der Waals surface area (Å²) in [6.45, 7) is 1.88. The van der Waals surface area contributed by atoms with Gasteiger partial charge >= 0.3 is 0 Å². The molecular formula is C21H17ClN4OS2. The van der Waals surface area contributed by atoms with Gasteiger partial charge in [0.2, 0.25) is 5.91 Å². The average molecular weight is 441 g/mol. The number of amides is 1. The maximum Gasteiger partial charge on any atom is 0.234 e. The Balaban J connectivity index is 1.56. The predicted octanol–water partition coefficient (Wildman–Crippen LogP) is 5.69. The fraction of sp³-hybridized carbons (Fsp3) is 0.0952. The van der Waals surface area contributed by atoms with Gasteiger partial charge in [0.15, 0.2) is 11.0 Å². The lowest BCUT2D eigenvalue weighted by Crippen LogP contribution is -2.15. The van der Waals surface area contributed by atoms with Crippen molar-refractivity contribution in [2.24, 2.45) is 0 Å². The van der Waals surface area contributed by atoms with Gasteiger partial charge in [-0.1, -0.05) is 53.7 Å². The van der Waals surface area contributed by atoms with E-state index in [1.165, 1.54) is 11.8 Å². The lowest BCUT2D eigenvalue weighted by atomic mass is 10.2. The quantitative estimate of drug-likeness (QED) is 0.391. The van der Waals surface area contributed by atoms with Gasteiger partial charge in [-0.25, -0.2) is 0 Å². The van der Waals surface area contributed by atoms with Gasteiger partial charge < -0.3 is 5.32 Å². The molecule has 5 nitrogen and oxygen atoms in total. The van der Waals surface area contributed by atoms with Crippen LogP contribution in [0.25, 0.3) is 16.4 Å². The van der Waals surface area contributed by atoms with Crippen molar-refractivity contribution in [3.05, 3.63) is 76.6 Å². The lowest BCUT2D eigenvalue weighted by molar-refractivity contribution is -0.113. The van der Waals surface area contributed by atoms with Crippen molar-refractivity contribution in [2.75, 3.05) is 11.1 Å². The van der Waals surface area contributed by atoms with Gasteiger partial charge in [-0.15, -0.1) is 21.5 Å². The first-order valence-electron chi connectivity index (χ1n) is 8.86. The molecule has 1 N–H and O–H groups in total. The zero-order valence-corrected chi connectivity index (χ0v) is 17.9. The van der Waals surface area contributed by atoms with Crippen molar-refractivity contribution in [2.45, 2.75) is 12.1 Å². The molecular weight excluding hydrogens is 424 g/mol. The zero-order valence-electron chi connectivity index (χ0n) is 15.5. The lowest BCUT2D eigenvalue weighted by Gasteiger charge is -2.11. The number of carbonyl (C=O) groups is 1. The number of thioether (sulfide) groups is 1. The molecule has 0 aliphatic carbocycles. The van der Waals surface area contributed by atoms with Crippen LogP contribution in [-0.4, -0.2) is 26.4 Å². The fourth-order valence-corrected chi connectivity index (χ4v) is 4.42. The molecule has 1 amide bonds. The van der Waals surface area contributed by atoms with Crippen LogP contribution in [0.3, 0.4) is 0 Å².